The Morgan fingerprint density at radius 2 is 1.78 bits per heavy atom. The molecule has 186 valence electrons. The SMILES string of the molecule is CCOCCN1CCN(C(=O)CCC(NC)=C2CCC2)CC1.COCCOCCNC=O. The van der Waals surface area contributed by atoms with Crippen molar-refractivity contribution in [2.24, 2.45) is 0 Å². The van der Waals surface area contributed by atoms with Crippen molar-refractivity contribution in [3.8, 4) is 0 Å². The van der Waals surface area contributed by atoms with Crippen LogP contribution in [0.2, 0.25) is 0 Å². The summed E-state index contributed by atoms with van der Waals surface area (Å²) in [7, 11) is 3.59. The zero-order chi connectivity index (χ0) is 23.4. The third kappa shape index (κ3) is 12.4. The topological polar surface area (TPSA) is 92.4 Å². The fraction of sp³-hybridized carbons (Fsp3) is 0.826. The number of allylic oxidation sites excluding steroid dienone is 2. The number of piperazine rings is 1. The first kappa shape index (κ1) is 28.4. The standard InChI is InChI=1S/C17H31N3O2.C6H13NO3/c1-3-22-14-13-19-9-11-20(12-10-19)17(21)8-7-16(18-2)15-5-4-6-15;1-9-4-5-10-3-2-7-6-8/h18H,3-14H2,1-2H3;6H,2-5H2,1H3,(H,7,8). The summed E-state index contributed by atoms with van der Waals surface area (Å²) in [4.78, 5) is 26.5. The highest BCUT2D eigenvalue weighted by atomic mass is 16.5. The van der Waals surface area contributed by atoms with Crippen LogP contribution < -0.4 is 10.6 Å². The molecule has 0 aromatic heterocycles. The molecule has 1 aliphatic carbocycles. The highest BCUT2D eigenvalue weighted by molar-refractivity contribution is 5.76. The van der Waals surface area contributed by atoms with Gasteiger partial charge in [-0.2, -0.15) is 0 Å². The summed E-state index contributed by atoms with van der Waals surface area (Å²) in [5, 5.41) is 5.76. The van der Waals surface area contributed by atoms with Crippen LogP contribution in [0.4, 0.5) is 0 Å². The summed E-state index contributed by atoms with van der Waals surface area (Å²) in [6, 6.07) is 0. The molecular weight excluding hydrogens is 412 g/mol. The van der Waals surface area contributed by atoms with E-state index in [4.69, 9.17) is 14.2 Å². The monoisotopic (exact) mass is 456 g/mol. The number of hydrogen-bond acceptors (Lipinski definition) is 7. The molecule has 2 aliphatic rings. The molecule has 1 heterocycles. The van der Waals surface area contributed by atoms with E-state index >= 15 is 0 Å². The maximum Gasteiger partial charge on any atom is 0.223 e. The van der Waals surface area contributed by atoms with E-state index in [1.807, 2.05) is 18.9 Å². The lowest BCUT2D eigenvalue weighted by Crippen LogP contribution is -2.49. The fourth-order valence-electron chi connectivity index (χ4n) is 3.52. The Morgan fingerprint density at radius 1 is 1.03 bits per heavy atom. The van der Waals surface area contributed by atoms with Crippen molar-refractivity contribution in [3.63, 3.8) is 0 Å². The predicted molar refractivity (Wildman–Crippen MR) is 125 cm³/mol. The molecule has 0 aromatic carbocycles. The van der Waals surface area contributed by atoms with E-state index in [2.05, 4.69) is 15.5 Å². The molecule has 0 atom stereocenters. The molecule has 9 nitrogen and oxygen atoms in total. The van der Waals surface area contributed by atoms with E-state index in [0.29, 0.717) is 45.1 Å². The van der Waals surface area contributed by atoms with E-state index in [-0.39, 0.29) is 0 Å². The third-order valence-corrected chi connectivity index (χ3v) is 5.66. The summed E-state index contributed by atoms with van der Waals surface area (Å²) in [6.45, 7) is 10.5. The van der Waals surface area contributed by atoms with E-state index in [0.717, 1.165) is 52.4 Å². The van der Waals surface area contributed by atoms with Crippen LogP contribution in [0.25, 0.3) is 0 Å². The van der Waals surface area contributed by atoms with Crippen LogP contribution in [-0.4, -0.2) is 109 Å². The number of hydrogen-bond donors (Lipinski definition) is 2. The van der Waals surface area contributed by atoms with Crippen LogP contribution in [0, 0.1) is 0 Å². The van der Waals surface area contributed by atoms with Gasteiger partial charge in [0.05, 0.1) is 26.4 Å². The highest BCUT2D eigenvalue weighted by Crippen LogP contribution is 2.29. The van der Waals surface area contributed by atoms with Crippen molar-refractivity contribution < 1.29 is 23.8 Å². The highest BCUT2D eigenvalue weighted by Gasteiger charge is 2.21. The maximum atomic E-state index is 12.3. The van der Waals surface area contributed by atoms with Crippen LogP contribution in [0.15, 0.2) is 11.3 Å². The van der Waals surface area contributed by atoms with Gasteiger partial charge in [-0.1, -0.05) is 5.57 Å². The number of methoxy groups -OCH3 is 1. The number of carbonyl (C=O) groups is 2. The lowest BCUT2D eigenvalue weighted by Gasteiger charge is -2.34. The smallest absolute Gasteiger partial charge is 0.223 e. The average molecular weight is 457 g/mol. The van der Waals surface area contributed by atoms with Gasteiger partial charge >= 0.3 is 0 Å². The fourth-order valence-corrected chi connectivity index (χ4v) is 3.52. The van der Waals surface area contributed by atoms with Crippen LogP contribution in [-0.2, 0) is 23.8 Å². The van der Waals surface area contributed by atoms with Gasteiger partial charge in [0.25, 0.3) is 0 Å². The first-order chi connectivity index (χ1) is 15.7. The molecule has 1 saturated carbocycles. The van der Waals surface area contributed by atoms with Crippen LogP contribution in [0.3, 0.4) is 0 Å². The molecule has 2 N–H and O–H groups in total. The second-order valence-electron chi connectivity index (χ2n) is 7.78. The molecule has 2 fully saturated rings. The minimum absolute atomic E-state index is 0.303. The van der Waals surface area contributed by atoms with Gasteiger partial charge < -0.3 is 29.7 Å². The van der Waals surface area contributed by atoms with Crippen molar-refractivity contribution in [1.82, 2.24) is 20.4 Å². The van der Waals surface area contributed by atoms with Crippen molar-refractivity contribution in [2.45, 2.75) is 39.0 Å². The zero-order valence-electron chi connectivity index (χ0n) is 20.3. The Morgan fingerprint density at radius 3 is 2.34 bits per heavy atom. The number of ether oxygens (including phenoxy) is 3. The van der Waals surface area contributed by atoms with Crippen LogP contribution in [0.1, 0.15) is 39.0 Å². The molecule has 2 amide bonds. The molecule has 0 aromatic rings. The Bertz CT molecular complexity index is 530. The lowest BCUT2D eigenvalue weighted by molar-refractivity contribution is -0.133. The van der Waals surface area contributed by atoms with E-state index in [9.17, 15) is 9.59 Å². The van der Waals surface area contributed by atoms with Gasteiger partial charge in [0.15, 0.2) is 0 Å². The number of amides is 2. The van der Waals surface area contributed by atoms with Crippen molar-refractivity contribution >= 4 is 12.3 Å². The van der Waals surface area contributed by atoms with Gasteiger partial charge in [0, 0.05) is 72.2 Å². The molecule has 1 saturated heterocycles. The Balaban J connectivity index is 0.000000433. The Labute approximate surface area is 193 Å². The second-order valence-corrected chi connectivity index (χ2v) is 7.78. The molecule has 0 spiro atoms. The van der Waals surface area contributed by atoms with E-state index in [1.165, 1.54) is 30.5 Å². The maximum absolute atomic E-state index is 12.3. The summed E-state index contributed by atoms with van der Waals surface area (Å²) in [5.74, 6) is 0.303. The molecule has 2 rings (SSSR count). The summed E-state index contributed by atoms with van der Waals surface area (Å²) in [6.07, 6.45) is 5.89. The largest absolute Gasteiger partial charge is 0.391 e. The normalized spacial score (nSPS) is 16.0. The number of nitrogens with zero attached hydrogens (tertiary/aromatic N) is 2. The first-order valence-corrected chi connectivity index (χ1v) is 11.9. The van der Waals surface area contributed by atoms with Gasteiger partial charge in [-0.15, -0.1) is 0 Å². The van der Waals surface area contributed by atoms with Gasteiger partial charge in [0.2, 0.25) is 12.3 Å². The molecule has 32 heavy (non-hydrogen) atoms. The molecule has 1 aliphatic heterocycles. The Hall–Kier alpha value is -1.68. The predicted octanol–water partition coefficient (Wildman–Crippen LogP) is 1.00. The summed E-state index contributed by atoms with van der Waals surface area (Å²) >= 11 is 0. The molecule has 9 heteroatoms. The lowest BCUT2D eigenvalue weighted by atomic mass is 9.89. The molecule has 0 unspecified atom stereocenters. The van der Waals surface area contributed by atoms with Crippen molar-refractivity contribution in [3.05, 3.63) is 11.3 Å². The van der Waals surface area contributed by atoms with Crippen molar-refractivity contribution in [1.29, 1.82) is 0 Å². The van der Waals surface area contributed by atoms with Crippen LogP contribution in [0.5, 0.6) is 0 Å². The van der Waals surface area contributed by atoms with Gasteiger partial charge in [-0.25, -0.2) is 0 Å². The molecule has 0 bridgehead atoms. The second kappa shape index (κ2) is 18.8. The third-order valence-electron chi connectivity index (χ3n) is 5.66. The minimum atomic E-state index is 0.303. The van der Waals surface area contributed by atoms with Gasteiger partial charge in [-0.05, 0) is 32.6 Å². The first-order valence-electron chi connectivity index (χ1n) is 11.9. The Kier molecular flexibility index (Phi) is 16.7. The van der Waals surface area contributed by atoms with Crippen molar-refractivity contribution in [2.75, 3.05) is 86.5 Å². The summed E-state index contributed by atoms with van der Waals surface area (Å²) in [5.41, 5.74) is 2.82. The van der Waals surface area contributed by atoms with E-state index in [1.54, 1.807) is 7.11 Å². The van der Waals surface area contributed by atoms with Crippen LogP contribution >= 0.6 is 0 Å². The van der Waals surface area contributed by atoms with Gasteiger partial charge in [0.1, 0.15) is 0 Å². The van der Waals surface area contributed by atoms with Gasteiger partial charge in [-0.3, -0.25) is 14.5 Å². The zero-order valence-corrected chi connectivity index (χ0v) is 20.3. The number of nitrogens with one attached hydrogen (secondary N) is 2. The molecule has 0 radical (unpaired) electrons. The van der Waals surface area contributed by atoms with E-state index < -0.39 is 0 Å². The molecular formula is C23H44N4O5. The number of carbonyl (C=O) groups excluding carboxylic acids is 2. The quantitative estimate of drug-likeness (QED) is 0.281. The summed E-state index contributed by atoms with van der Waals surface area (Å²) < 4.78 is 15.2. The number of rotatable bonds is 15. The minimum Gasteiger partial charge on any atom is -0.391 e. The average Bonchev–Trinajstić information content (AvgIpc) is 2.78.